The first kappa shape index (κ1) is 29.9. The molecule has 0 spiro atoms. The molecule has 2 saturated heterocycles. The molecular weight excluding hydrogens is 583 g/mol. The van der Waals surface area contributed by atoms with Gasteiger partial charge in [0.2, 0.25) is 0 Å². The van der Waals surface area contributed by atoms with Crippen LogP contribution in [0.25, 0.3) is 22.2 Å². The summed E-state index contributed by atoms with van der Waals surface area (Å²) in [7, 11) is 1.75. The SMILES string of the molecule is Cc1cc(N)nc(-c2c(Cl)cc3c(N4CCN[C@@H](CC#N)C4)nc(OC[C@@H]4C[C@@H](F)CN4C)nc3c2F)c1C(F)(F)F. The second kappa shape index (κ2) is 11.6. The van der Waals surface area contributed by atoms with Gasteiger partial charge < -0.3 is 20.7 Å². The topological polar surface area (TPSA) is 116 Å². The van der Waals surface area contributed by atoms with Gasteiger partial charge in [-0.2, -0.15) is 28.4 Å². The number of fused-ring (bicyclic) bond motifs is 1. The Hall–Kier alpha value is -3.54. The Balaban J connectivity index is 1.68. The second-order valence-electron chi connectivity index (χ2n) is 10.6. The molecule has 2 aliphatic rings. The summed E-state index contributed by atoms with van der Waals surface area (Å²) < 4.78 is 78.5. The molecule has 2 fully saturated rings. The number of benzene rings is 1. The highest BCUT2D eigenvalue weighted by atomic mass is 35.5. The van der Waals surface area contributed by atoms with Crippen molar-refractivity contribution < 1.29 is 26.7 Å². The normalized spacial score (nSPS) is 21.6. The van der Waals surface area contributed by atoms with Crippen molar-refractivity contribution in [3.05, 3.63) is 34.1 Å². The molecule has 224 valence electrons. The van der Waals surface area contributed by atoms with Crippen LogP contribution in [-0.4, -0.2) is 77.9 Å². The predicted octanol–water partition coefficient (Wildman–Crippen LogP) is 4.51. The van der Waals surface area contributed by atoms with Gasteiger partial charge in [0.1, 0.15) is 29.9 Å². The Morgan fingerprint density at radius 1 is 1.24 bits per heavy atom. The van der Waals surface area contributed by atoms with Crippen LogP contribution in [0.5, 0.6) is 6.01 Å². The molecule has 4 heterocycles. The molecule has 0 unspecified atom stereocenters. The molecule has 3 atom stereocenters. The number of aryl methyl sites for hydroxylation is 1. The van der Waals surface area contributed by atoms with E-state index in [4.69, 9.17) is 22.1 Å². The average molecular weight is 611 g/mol. The standard InChI is InChI=1S/C27H28ClF5N8O/c1-13-7-19(35)37-24(21(13)27(31,32)33)20-18(28)9-17-23(22(20)30)38-26(42-12-16-8-14(29)10-40(16)2)39-25(17)41-6-5-36-15(11-41)3-4-34/h7,9,14-16,36H,3,5-6,8,10-12H2,1-2H3,(H2,35,37)/t14-,15+,16+/m1/s1. The first-order chi connectivity index (χ1) is 19.9. The summed E-state index contributed by atoms with van der Waals surface area (Å²) in [6.07, 6.45) is -5.46. The van der Waals surface area contributed by atoms with E-state index < -0.39 is 35.0 Å². The number of likely N-dealkylation sites (tertiary alicyclic amines) is 1. The highest BCUT2D eigenvalue weighted by Crippen LogP contribution is 2.44. The first-order valence-corrected chi connectivity index (χ1v) is 13.6. The van der Waals surface area contributed by atoms with Gasteiger partial charge in [-0.15, -0.1) is 0 Å². The van der Waals surface area contributed by atoms with Crippen molar-refractivity contribution in [2.75, 3.05) is 50.5 Å². The lowest BCUT2D eigenvalue weighted by Crippen LogP contribution is -2.51. The van der Waals surface area contributed by atoms with E-state index in [-0.39, 0.29) is 77.2 Å². The number of alkyl halides is 4. The summed E-state index contributed by atoms with van der Waals surface area (Å²) in [5, 5.41) is 12.2. The Morgan fingerprint density at radius 2 is 2.00 bits per heavy atom. The van der Waals surface area contributed by atoms with Gasteiger partial charge in [0, 0.05) is 43.6 Å². The third-order valence-electron chi connectivity index (χ3n) is 7.53. The van der Waals surface area contributed by atoms with Crippen LogP contribution in [0.2, 0.25) is 5.02 Å². The van der Waals surface area contributed by atoms with E-state index in [2.05, 4.69) is 26.3 Å². The molecule has 5 rings (SSSR count). The number of nitrogens with one attached hydrogen (secondary N) is 1. The van der Waals surface area contributed by atoms with Gasteiger partial charge >= 0.3 is 12.2 Å². The predicted molar refractivity (Wildman–Crippen MR) is 148 cm³/mol. The minimum absolute atomic E-state index is 0.0107. The van der Waals surface area contributed by atoms with Gasteiger partial charge in [-0.3, -0.25) is 4.90 Å². The lowest BCUT2D eigenvalue weighted by atomic mass is 9.99. The third kappa shape index (κ3) is 5.86. The largest absolute Gasteiger partial charge is 0.462 e. The zero-order valence-corrected chi connectivity index (χ0v) is 23.5. The lowest BCUT2D eigenvalue weighted by molar-refractivity contribution is -0.137. The van der Waals surface area contributed by atoms with Crippen LogP contribution in [0, 0.1) is 24.1 Å². The smallest absolute Gasteiger partial charge is 0.418 e. The number of pyridine rings is 1. The maximum atomic E-state index is 16.4. The number of rotatable bonds is 6. The van der Waals surface area contributed by atoms with Gasteiger partial charge in [-0.25, -0.2) is 13.8 Å². The number of anilines is 2. The fourth-order valence-corrected chi connectivity index (χ4v) is 5.84. The van der Waals surface area contributed by atoms with Crippen molar-refractivity contribution in [3.8, 4) is 23.3 Å². The molecule has 0 amide bonds. The molecule has 42 heavy (non-hydrogen) atoms. The van der Waals surface area contributed by atoms with Gasteiger partial charge in [-0.1, -0.05) is 11.6 Å². The van der Waals surface area contributed by atoms with Crippen LogP contribution in [0.4, 0.5) is 33.6 Å². The molecule has 2 aliphatic heterocycles. The molecule has 3 N–H and O–H groups in total. The molecule has 9 nitrogen and oxygen atoms in total. The van der Waals surface area contributed by atoms with Crippen LogP contribution in [0.3, 0.4) is 0 Å². The van der Waals surface area contributed by atoms with Gasteiger partial charge in [-0.05, 0) is 38.1 Å². The van der Waals surface area contributed by atoms with Crippen LogP contribution in [0.1, 0.15) is 24.0 Å². The van der Waals surface area contributed by atoms with Crippen molar-refractivity contribution in [1.82, 2.24) is 25.2 Å². The molecule has 0 bridgehead atoms. The minimum Gasteiger partial charge on any atom is -0.462 e. The fourth-order valence-electron chi connectivity index (χ4n) is 5.56. The van der Waals surface area contributed by atoms with Crippen LogP contribution in [0.15, 0.2) is 12.1 Å². The molecule has 0 radical (unpaired) electrons. The third-order valence-corrected chi connectivity index (χ3v) is 7.83. The fraction of sp³-hybridized carbons (Fsp3) is 0.481. The van der Waals surface area contributed by atoms with Crippen LogP contribution in [-0.2, 0) is 6.18 Å². The number of nitrogen functional groups attached to an aromatic ring is 1. The Bertz CT molecular complexity index is 1550. The minimum atomic E-state index is -4.88. The van der Waals surface area contributed by atoms with Crippen LogP contribution >= 0.6 is 11.6 Å². The molecule has 0 saturated carbocycles. The van der Waals surface area contributed by atoms with E-state index in [9.17, 15) is 22.8 Å². The van der Waals surface area contributed by atoms with Gasteiger partial charge in [0.15, 0.2) is 5.82 Å². The molecule has 0 aliphatic carbocycles. The maximum absolute atomic E-state index is 16.4. The van der Waals surface area contributed by atoms with E-state index in [0.717, 1.165) is 6.07 Å². The quantitative estimate of drug-likeness (QED) is 0.389. The summed E-state index contributed by atoms with van der Waals surface area (Å²) in [5.74, 6) is -1.16. The number of aromatic nitrogens is 3. The lowest BCUT2D eigenvalue weighted by Gasteiger charge is -2.34. The number of nitriles is 1. The van der Waals surface area contributed by atoms with Crippen molar-refractivity contribution in [3.63, 3.8) is 0 Å². The zero-order chi connectivity index (χ0) is 30.3. The van der Waals surface area contributed by atoms with Crippen molar-refractivity contribution >= 4 is 34.1 Å². The number of nitrogens with zero attached hydrogens (tertiary/aromatic N) is 6. The second-order valence-corrected chi connectivity index (χ2v) is 11.0. The number of ether oxygens (including phenoxy) is 1. The highest BCUT2D eigenvalue weighted by Gasteiger charge is 2.39. The Kier molecular flexibility index (Phi) is 8.28. The van der Waals surface area contributed by atoms with Crippen molar-refractivity contribution in [2.45, 2.75) is 44.2 Å². The average Bonchev–Trinajstić information content (AvgIpc) is 3.23. The van der Waals surface area contributed by atoms with Crippen molar-refractivity contribution in [2.24, 2.45) is 0 Å². The van der Waals surface area contributed by atoms with Crippen LogP contribution < -0.4 is 20.7 Å². The van der Waals surface area contributed by atoms with Gasteiger partial charge in [0.25, 0.3) is 0 Å². The van der Waals surface area contributed by atoms with Gasteiger partial charge in [0.05, 0.1) is 34.3 Å². The number of halogens is 6. The molecule has 1 aromatic carbocycles. The number of hydrogen-bond acceptors (Lipinski definition) is 9. The number of nitrogens with two attached hydrogens (primary N) is 1. The maximum Gasteiger partial charge on any atom is 0.418 e. The summed E-state index contributed by atoms with van der Waals surface area (Å²) >= 11 is 6.49. The molecule has 15 heteroatoms. The molecule has 3 aromatic rings. The zero-order valence-electron chi connectivity index (χ0n) is 22.8. The van der Waals surface area contributed by atoms with E-state index in [1.165, 1.54) is 13.0 Å². The Labute approximate surface area is 243 Å². The number of piperazine rings is 1. The summed E-state index contributed by atoms with van der Waals surface area (Å²) in [6.45, 7) is 2.71. The van der Waals surface area contributed by atoms with E-state index in [0.29, 0.717) is 19.6 Å². The molecular formula is C27H28ClF5N8O. The molecule has 2 aromatic heterocycles. The highest BCUT2D eigenvalue weighted by molar-refractivity contribution is 6.34. The summed E-state index contributed by atoms with van der Waals surface area (Å²) in [5.41, 5.74) is 2.65. The van der Waals surface area contributed by atoms with E-state index in [1.807, 2.05) is 4.90 Å². The number of hydrogen-bond donors (Lipinski definition) is 2. The van der Waals surface area contributed by atoms with E-state index >= 15 is 4.39 Å². The van der Waals surface area contributed by atoms with Crippen molar-refractivity contribution in [1.29, 1.82) is 5.26 Å². The number of likely N-dealkylation sites (N-methyl/N-ethyl adjacent to an activating group) is 1. The Morgan fingerprint density at radius 3 is 2.67 bits per heavy atom. The summed E-state index contributed by atoms with van der Waals surface area (Å²) in [4.78, 5) is 16.2. The monoisotopic (exact) mass is 610 g/mol. The summed E-state index contributed by atoms with van der Waals surface area (Å²) in [6, 6.07) is 3.75. The first-order valence-electron chi connectivity index (χ1n) is 13.2. The van der Waals surface area contributed by atoms with E-state index in [1.54, 1.807) is 11.9 Å².